The van der Waals surface area contributed by atoms with Crippen LogP contribution in [0.3, 0.4) is 0 Å². The number of likely N-dealkylation sites (tertiary alicyclic amines) is 1. The average molecular weight is 211 g/mol. The Balaban J connectivity index is 1.91. The van der Waals surface area contributed by atoms with Gasteiger partial charge in [0.1, 0.15) is 5.78 Å². The van der Waals surface area contributed by atoms with Crippen LogP contribution in [0.1, 0.15) is 39.0 Å². The third-order valence-electron chi connectivity index (χ3n) is 4.01. The number of piperidine rings is 1. The molecule has 0 aromatic carbocycles. The Bertz CT molecular complexity index is 242. The first-order valence-electron chi connectivity index (χ1n) is 5.96. The summed E-state index contributed by atoms with van der Waals surface area (Å²) in [6.07, 6.45) is 5.10. The molecule has 0 spiro atoms. The molecule has 0 bridgehead atoms. The summed E-state index contributed by atoms with van der Waals surface area (Å²) in [5.41, 5.74) is 0.106. The molecule has 0 aromatic rings. The van der Waals surface area contributed by atoms with E-state index in [9.17, 15) is 4.79 Å². The molecule has 1 heterocycles. The summed E-state index contributed by atoms with van der Waals surface area (Å²) in [5.74, 6) is 0.416. The molecule has 1 saturated carbocycles. The zero-order chi connectivity index (χ0) is 10.9. The van der Waals surface area contributed by atoms with E-state index in [0.717, 1.165) is 25.9 Å². The van der Waals surface area contributed by atoms with Crippen molar-refractivity contribution in [2.75, 3.05) is 20.2 Å². The summed E-state index contributed by atoms with van der Waals surface area (Å²) in [5, 5.41) is 0. The van der Waals surface area contributed by atoms with Crippen LogP contribution in [-0.4, -0.2) is 42.5 Å². The van der Waals surface area contributed by atoms with Gasteiger partial charge >= 0.3 is 0 Å². The molecule has 2 aliphatic rings. The van der Waals surface area contributed by atoms with Crippen LogP contribution < -0.4 is 0 Å². The van der Waals surface area contributed by atoms with Gasteiger partial charge in [-0.05, 0) is 26.2 Å². The highest BCUT2D eigenvalue weighted by atomic mass is 16.5. The average Bonchev–Trinajstić information content (AvgIpc) is 2.14. The SMILES string of the molecule is COC1(CN2CCC(=O)CC2C)CCC1. The van der Waals surface area contributed by atoms with Gasteiger partial charge < -0.3 is 4.74 Å². The molecule has 1 aliphatic heterocycles. The molecule has 86 valence electrons. The predicted molar refractivity (Wildman–Crippen MR) is 58.9 cm³/mol. The van der Waals surface area contributed by atoms with Crippen molar-refractivity contribution in [2.45, 2.75) is 50.7 Å². The van der Waals surface area contributed by atoms with Crippen LogP contribution in [0.25, 0.3) is 0 Å². The summed E-state index contributed by atoms with van der Waals surface area (Å²) in [6, 6.07) is 0.402. The van der Waals surface area contributed by atoms with Gasteiger partial charge in [0.25, 0.3) is 0 Å². The van der Waals surface area contributed by atoms with Crippen molar-refractivity contribution in [3.05, 3.63) is 0 Å². The number of rotatable bonds is 3. The summed E-state index contributed by atoms with van der Waals surface area (Å²) in [4.78, 5) is 13.7. The standard InChI is InChI=1S/C12H21NO2/c1-10-8-11(14)4-7-13(10)9-12(15-2)5-3-6-12/h10H,3-9H2,1-2H3. The van der Waals surface area contributed by atoms with Crippen LogP contribution in [0, 0.1) is 0 Å². The first-order chi connectivity index (χ1) is 7.15. The minimum absolute atomic E-state index is 0.106. The Morgan fingerprint density at radius 1 is 1.53 bits per heavy atom. The number of methoxy groups -OCH3 is 1. The van der Waals surface area contributed by atoms with Gasteiger partial charge in [-0.1, -0.05) is 0 Å². The van der Waals surface area contributed by atoms with E-state index in [-0.39, 0.29) is 5.60 Å². The first kappa shape index (κ1) is 11.1. The highest BCUT2D eigenvalue weighted by molar-refractivity contribution is 5.79. The van der Waals surface area contributed by atoms with Crippen molar-refractivity contribution in [1.29, 1.82) is 0 Å². The third kappa shape index (κ3) is 2.23. The lowest BCUT2D eigenvalue weighted by Gasteiger charge is -2.46. The molecule has 0 amide bonds. The highest BCUT2D eigenvalue weighted by Crippen LogP contribution is 2.36. The largest absolute Gasteiger partial charge is 0.377 e. The van der Waals surface area contributed by atoms with Crippen LogP contribution in [0.15, 0.2) is 0 Å². The van der Waals surface area contributed by atoms with Crippen molar-refractivity contribution < 1.29 is 9.53 Å². The molecule has 15 heavy (non-hydrogen) atoms. The predicted octanol–water partition coefficient (Wildman–Crippen LogP) is 1.61. The Morgan fingerprint density at radius 2 is 2.27 bits per heavy atom. The molecular formula is C12H21NO2. The number of hydrogen-bond donors (Lipinski definition) is 0. The molecule has 1 aliphatic carbocycles. The summed E-state index contributed by atoms with van der Waals surface area (Å²) in [6.45, 7) is 4.09. The van der Waals surface area contributed by atoms with E-state index in [1.165, 1.54) is 19.3 Å². The van der Waals surface area contributed by atoms with Crippen LogP contribution in [0.4, 0.5) is 0 Å². The summed E-state index contributed by atoms with van der Waals surface area (Å²) in [7, 11) is 1.82. The second-order valence-corrected chi connectivity index (χ2v) is 5.05. The van der Waals surface area contributed by atoms with Gasteiger partial charge in [-0.2, -0.15) is 0 Å². The molecule has 3 heteroatoms. The highest BCUT2D eigenvalue weighted by Gasteiger charge is 2.40. The molecule has 1 unspecified atom stereocenters. The van der Waals surface area contributed by atoms with Gasteiger partial charge in [0.2, 0.25) is 0 Å². The molecule has 3 nitrogen and oxygen atoms in total. The first-order valence-corrected chi connectivity index (χ1v) is 5.96. The van der Waals surface area contributed by atoms with E-state index in [1.54, 1.807) is 0 Å². The molecule has 1 atom stereocenters. The maximum atomic E-state index is 11.3. The molecular weight excluding hydrogens is 190 g/mol. The fourth-order valence-electron chi connectivity index (χ4n) is 2.65. The fourth-order valence-corrected chi connectivity index (χ4v) is 2.65. The molecule has 0 N–H and O–H groups in total. The topological polar surface area (TPSA) is 29.5 Å². The van der Waals surface area contributed by atoms with Gasteiger partial charge in [0.05, 0.1) is 5.60 Å². The van der Waals surface area contributed by atoms with Crippen molar-refractivity contribution in [3.8, 4) is 0 Å². The van der Waals surface area contributed by atoms with Crippen LogP contribution in [-0.2, 0) is 9.53 Å². The lowest BCUT2D eigenvalue weighted by Crippen LogP contribution is -2.53. The van der Waals surface area contributed by atoms with E-state index in [1.807, 2.05) is 7.11 Å². The summed E-state index contributed by atoms with van der Waals surface area (Å²) < 4.78 is 5.63. The Hall–Kier alpha value is -0.410. The van der Waals surface area contributed by atoms with E-state index >= 15 is 0 Å². The maximum Gasteiger partial charge on any atom is 0.135 e. The lowest BCUT2D eigenvalue weighted by molar-refractivity contribution is -0.128. The maximum absolute atomic E-state index is 11.3. The molecule has 2 rings (SSSR count). The quantitative estimate of drug-likeness (QED) is 0.710. The minimum Gasteiger partial charge on any atom is -0.377 e. The van der Waals surface area contributed by atoms with Crippen molar-refractivity contribution >= 4 is 5.78 Å². The van der Waals surface area contributed by atoms with E-state index in [4.69, 9.17) is 4.74 Å². The zero-order valence-electron chi connectivity index (χ0n) is 9.79. The van der Waals surface area contributed by atoms with E-state index < -0.39 is 0 Å². The minimum atomic E-state index is 0.106. The van der Waals surface area contributed by atoms with Gasteiger partial charge in [0.15, 0.2) is 0 Å². The Morgan fingerprint density at radius 3 is 2.73 bits per heavy atom. The second kappa shape index (κ2) is 4.22. The number of hydrogen-bond acceptors (Lipinski definition) is 3. The van der Waals surface area contributed by atoms with E-state index in [0.29, 0.717) is 11.8 Å². The molecule has 2 fully saturated rings. The number of ether oxygens (including phenoxy) is 1. The molecule has 1 saturated heterocycles. The molecule has 0 radical (unpaired) electrons. The van der Waals surface area contributed by atoms with Gasteiger partial charge in [-0.25, -0.2) is 0 Å². The number of Topliss-reactive ketones (excluding diaryl/α,β-unsaturated/α-hetero) is 1. The van der Waals surface area contributed by atoms with Crippen LogP contribution in [0.5, 0.6) is 0 Å². The fraction of sp³-hybridized carbons (Fsp3) is 0.917. The zero-order valence-corrected chi connectivity index (χ0v) is 9.79. The third-order valence-corrected chi connectivity index (χ3v) is 4.01. The van der Waals surface area contributed by atoms with Crippen LogP contribution >= 0.6 is 0 Å². The van der Waals surface area contributed by atoms with E-state index in [2.05, 4.69) is 11.8 Å². The van der Waals surface area contributed by atoms with Crippen molar-refractivity contribution in [2.24, 2.45) is 0 Å². The smallest absolute Gasteiger partial charge is 0.135 e. The normalized spacial score (nSPS) is 31.3. The number of carbonyl (C=O) groups is 1. The van der Waals surface area contributed by atoms with Gasteiger partial charge in [-0.3, -0.25) is 9.69 Å². The van der Waals surface area contributed by atoms with Gasteiger partial charge in [-0.15, -0.1) is 0 Å². The Labute approximate surface area is 91.8 Å². The van der Waals surface area contributed by atoms with Crippen molar-refractivity contribution in [3.63, 3.8) is 0 Å². The van der Waals surface area contributed by atoms with Crippen molar-refractivity contribution in [1.82, 2.24) is 4.90 Å². The number of ketones is 1. The number of nitrogens with zero attached hydrogens (tertiary/aromatic N) is 1. The number of carbonyl (C=O) groups excluding carboxylic acids is 1. The van der Waals surface area contributed by atoms with Crippen LogP contribution in [0.2, 0.25) is 0 Å². The lowest BCUT2D eigenvalue weighted by atomic mass is 9.79. The Kier molecular flexibility index (Phi) is 3.12. The summed E-state index contributed by atoms with van der Waals surface area (Å²) >= 11 is 0. The second-order valence-electron chi connectivity index (χ2n) is 5.05. The monoisotopic (exact) mass is 211 g/mol. The van der Waals surface area contributed by atoms with Gasteiger partial charge in [0, 0.05) is 39.1 Å². The molecule has 0 aromatic heterocycles.